The first-order chi connectivity index (χ1) is 26.2. The van der Waals surface area contributed by atoms with Crippen molar-refractivity contribution < 1.29 is 0 Å². The van der Waals surface area contributed by atoms with Gasteiger partial charge in [0.15, 0.2) is 17.5 Å². The Morgan fingerprint density at radius 3 is 1.15 bits per heavy atom. The molecule has 0 radical (unpaired) electrons. The fourth-order valence-electron chi connectivity index (χ4n) is 7.36. The van der Waals surface area contributed by atoms with E-state index in [1.807, 2.05) is 60.7 Å². The van der Waals surface area contributed by atoms with E-state index in [1.54, 1.807) is 0 Å². The van der Waals surface area contributed by atoms with E-state index in [0.29, 0.717) is 17.5 Å². The summed E-state index contributed by atoms with van der Waals surface area (Å²) < 4.78 is 2.36. The number of fused-ring (bicyclic) bond motifs is 4. The molecule has 0 spiro atoms. The quantitative estimate of drug-likeness (QED) is 0.176. The number of hydrogen-bond acceptors (Lipinski definition) is 3. The van der Waals surface area contributed by atoms with Gasteiger partial charge >= 0.3 is 0 Å². The molecule has 0 atom stereocenters. The number of aromatic nitrogens is 4. The largest absolute Gasteiger partial charge is 0.309 e. The molecule has 4 nitrogen and oxygen atoms in total. The summed E-state index contributed by atoms with van der Waals surface area (Å²) in [4.78, 5) is 14.6. The maximum absolute atomic E-state index is 4.90. The molecule has 0 unspecified atom stereocenters. The number of hydrogen-bond donors (Lipinski definition) is 0. The maximum atomic E-state index is 4.90. The smallest absolute Gasteiger partial charge is 0.164 e. The molecule has 0 bridgehead atoms. The van der Waals surface area contributed by atoms with Crippen molar-refractivity contribution in [2.45, 2.75) is 0 Å². The molecule has 2 aromatic heterocycles. The fraction of sp³-hybridized carbons (Fsp3) is 0. The Kier molecular flexibility index (Phi) is 7.43. The first-order valence-electron chi connectivity index (χ1n) is 17.9. The van der Waals surface area contributed by atoms with Gasteiger partial charge < -0.3 is 4.57 Å². The van der Waals surface area contributed by atoms with Gasteiger partial charge in [0.1, 0.15) is 0 Å². The van der Waals surface area contributed by atoms with Gasteiger partial charge in [0.2, 0.25) is 0 Å². The summed E-state index contributed by atoms with van der Waals surface area (Å²) in [5, 5.41) is 4.95. The zero-order chi connectivity index (χ0) is 35.1. The zero-order valence-electron chi connectivity index (χ0n) is 28.8. The molecule has 0 fully saturated rings. The van der Waals surface area contributed by atoms with Crippen LogP contribution in [0, 0.1) is 0 Å². The molecule has 0 N–H and O–H groups in total. The van der Waals surface area contributed by atoms with Crippen molar-refractivity contribution in [1.29, 1.82) is 0 Å². The lowest BCUT2D eigenvalue weighted by Gasteiger charge is -2.11. The van der Waals surface area contributed by atoms with Crippen molar-refractivity contribution in [3.05, 3.63) is 194 Å². The number of para-hydroxylation sites is 2. The van der Waals surface area contributed by atoms with Crippen molar-refractivity contribution in [2.24, 2.45) is 0 Å². The van der Waals surface area contributed by atoms with Gasteiger partial charge in [0.25, 0.3) is 0 Å². The summed E-state index contributed by atoms with van der Waals surface area (Å²) >= 11 is 0. The highest BCUT2D eigenvalue weighted by molar-refractivity contribution is 6.09. The van der Waals surface area contributed by atoms with Crippen molar-refractivity contribution in [3.63, 3.8) is 0 Å². The first kappa shape index (κ1) is 30.6. The summed E-state index contributed by atoms with van der Waals surface area (Å²) in [5.41, 5.74) is 11.1. The molecule has 0 aliphatic carbocycles. The molecule has 0 aliphatic heterocycles. The lowest BCUT2D eigenvalue weighted by molar-refractivity contribution is 1.07. The monoisotopic (exact) mass is 676 g/mol. The number of nitrogens with zero attached hydrogens (tertiary/aromatic N) is 4. The Morgan fingerprint density at radius 2 is 0.660 bits per heavy atom. The summed E-state index contributed by atoms with van der Waals surface area (Å²) in [7, 11) is 0. The van der Waals surface area contributed by atoms with E-state index < -0.39 is 0 Å². The number of rotatable bonds is 6. The van der Waals surface area contributed by atoms with Crippen LogP contribution >= 0.6 is 0 Å². The third-order valence-corrected chi connectivity index (χ3v) is 10.1. The highest BCUT2D eigenvalue weighted by atomic mass is 15.0. The molecule has 4 heteroatoms. The van der Waals surface area contributed by atoms with Gasteiger partial charge in [-0.1, -0.05) is 158 Å². The van der Waals surface area contributed by atoms with Gasteiger partial charge in [-0.15, -0.1) is 0 Å². The van der Waals surface area contributed by atoms with Crippen molar-refractivity contribution in [3.8, 4) is 62.1 Å². The third-order valence-electron chi connectivity index (χ3n) is 10.1. The fourth-order valence-corrected chi connectivity index (χ4v) is 7.36. The van der Waals surface area contributed by atoms with Crippen LogP contribution in [-0.2, 0) is 0 Å². The maximum Gasteiger partial charge on any atom is 0.164 e. The van der Waals surface area contributed by atoms with E-state index in [1.165, 1.54) is 43.7 Å². The molecule has 2 heterocycles. The molecule has 53 heavy (non-hydrogen) atoms. The van der Waals surface area contributed by atoms with E-state index in [0.717, 1.165) is 33.5 Å². The molecule has 0 saturated heterocycles. The minimum absolute atomic E-state index is 0.650. The predicted molar refractivity (Wildman–Crippen MR) is 219 cm³/mol. The lowest BCUT2D eigenvalue weighted by atomic mass is 9.97. The SMILES string of the molecule is c1ccc(-c2nc(-c3ccccc3)nc(-c3ccc(-c4ccc5ccc(-c6ccc(-n7c8ccccc8c8ccccc87)cc6)cc5c4)cc3)n2)cc1. The third kappa shape index (κ3) is 5.63. The second kappa shape index (κ2) is 12.9. The van der Waals surface area contributed by atoms with Crippen LogP contribution in [0.3, 0.4) is 0 Å². The Hall–Kier alpha value is -7.17. The topological polar surface area (TPSA) is 43.6 Å². The Balaban J connectivity index is 0.963. The lowest BCUT2D eigenvalue weighted by Crippen LogP contribution is -2.00. The van der Waals surface area contributed by atoms with E-state index in [4.69, 9.17) is 15.0 Å². The summed E-state index contributed by atoms with van der Waals surface area (Å²) in [6, 6.07) is 68.3. The molecule has 8 aromatic carbocycles. The van der Waals surface area contributed by atoms with Gasteiger partial charge in [-0.2, -0.15) is 0 Å². The van der Waals surface area contributed by atoms with Gasteiger partial charge in [0, 0.05) is 33.2 Å². The average molecular weight is 677 g/mol. The molecular formula is C49H32N4. The number of benzene rings is 8. The van der Waals surface area contributed by atoms with Crippen molar-refractivity contribution in [1.82, 2.24) is 19.5 Å². The van der Waals surface area contributed by atoms with Crippen LogP contribution in [0.4, 0.5) is 0 Å². The molecule has 10 rings (SSSR count). The van der Waals surface area contributed by atoms with E-state index >= 15 is 0 Å². The predicted octanol–water partition coefficient (Wildman–Crippen LogP) is 12.5. The normalized spacial score (nSPS) is 11.4. The molecule has 0 saturated carbocycles. The van der Waals surface area contributed by atoms with Crippen LogP contribution in [0.25, 0.3) is 94.7 Å². The second-order valence-corrected chi connectivity index (χ2v) is 13.3. The van der Waals surface area contributed by atoms with Gasteiger partial charge in [-0.3, -0.25) is 0 Å². The highest BCUT2D eigenvalue weighted by Crippen LogP contribution is 2.34. The van der Waals surface area contributed by atoms with E-state index in [9.17, 15) is 0 Å². The van der Waals surface area contributed by atoms with Gasteiger partial charge in [0.05, 0.1) is 11.0 Å². The minimum atomic E-state index is 0.650. The van der Waals surface area contributed by atoms with Crippen molar-refractivity contribution >= 4 is 32.6 Å². The Labute approximate surface area is 307 Å². The van der Waals surface area contributed by atoms with Crippen LogP contribution < -0.4 is 0 Å². The zero-order valence-corrected chi connectivity index (χ0v) is 28.8. The van der Waals surface area contributed by atoms with Gasteiger partial charge in [-0.05, 0) is 69.4 Å². The standard InChI is InChI=1S/C49H32N4/c1-3-11-36(12-4-1)47-50-48(37-13-5-2-6-14-37)52-49(51-47)38-23-19-33(20-24-38)39-25-21-35-22-26-40(32-41(35)31-39)34-27-29-42(30-28-34)53-45-17-9-7-15-43(45)44-16-8-10-18-46(44)53/h1-32H. The molecule has 0 aliphatic rings. The van der Waals surface area contributed by atoms with E-state index in [2.05, 4.69) is 138 Å². The van der Waals surface area contributed by atoms with Crippen LogP contribution in [0.15, 0.2) is 194 Å². The van der Waals surface area contributed by atoms with Crippen LogP contribution in [-0.4, -0.2) is 19.5 Å². The van der Waals surface area contributed by atoms with Crippen LogP contribution in [0.1, 0.15) is 0 Å². The first-order valence-corrected chi connectivity index (χ1v) is 17.9. The van der Waals surface area contributed by atoms with Gasteiger partial charge in [-0.25, -0.2) is 15.0 Å². The summed E-state index contributed by atoms with van der Waals surface area (Å²) in [6.07, 6.45) is 0. The second-order valence-electron chi connectivity index (χ2n) is 13.3. The summed E-state index contributed by atoms with van der Waals surface area (Å²) in [6.45, 7) is 0. The minimum Gasteiger partial charge on any atom is -0.309 e. The highest BCUT2D eigenvalue weighted by Gasteiger charge is 2.14. The molecule has 0 amide bonds. The molecular weight excluding hydrogens is 645 g/mol. The van der Waals surface area contributed by atoms with Crippen LogP contribution in [0.2, 0.25) is 0 Å². The Bertz CT molecular complexity index is 2800. The Morgan fingerprint density at radius 1 is 0.283 bits per heavy atom. The average Bonchev–Trinajstić information content (AvgIpc) is 3.58. The van der Waals surface area contributed by atoms with E-state index in [-0.39, 0.29) is 0 Å². The van der Waals surface area contributed by atoms with Crippen LogP contribution in [0.5, 0.6) is 0 Å². The molecule has 248 valence electrons. The summed E-state index contributed by atoms with van der Waals surface area (Å²) in [5.74, 6) is 1.96. The van der Waals surface area contributed by atoms with Crippen molar-refractivity contribution in [2.75, 3.05) is 0 Å². The molecule has 10 aromatic rings.